The van der Waals surface area contributed by atoms with Crippen LogP contribution in [-0.4, -0.2) is 47.0 Å². The summed E-state index contributed by atoms with van der Waals surface area (Å²) in [5.74, 6) is -1.08. The van der Waals surface area contributed by atoms with Crippen molar-refractivity contribution in [1.82, 2.24) is 10.2 Å². The average Bonchev–Trinajstić information content (AvgIpc) is 2.38. The summed E-state index contributed by atoms with van der Waals surface area (Å²) in [6, 6.07) is -0.441. The zero-order valence-corrected chi connectivity index (χ0v) is 13.1. The molecule has 0 aromatic heterocycles. The van der Waals surface area contributed by atoms with Gasteiger partial charge in [0.1, 0.15) is 6.54 Å². The molecular weight excluding hydrogens is 274 g/mol. The lowest BCUT2D eigenvalue weighted by Gasteiger charge is -2.26. The summed E-state index contributed by atoms with van der Waals surface area (Å²) in [5.41, 5.74) is 5.12. The molecule has 1 atom stereocenters. The third kappa shape index (κ3) is 8.88. The van der Waals surface area contributed by atoms with E-state index in [9.17, 15) is 14.4 Å². The number of nitrogens with one attached hydrogen (secondary N) is 1. The van der Waals surface area contributed by atoms with Crippen LogP contribution in [0.1, 0.15) is 46.5 Å². The Balaban J connectivity index is 4.19. The maximum Gasteiger partial charge on any atom is 0.318 e. The number of amides is 3. The van der Waals surface area contributed by atoms with E-state index in [1.165, 1.54) is 4.90 Å². The van der Waals surface area contributed by atoms with Gasteiger partial charge in [-0.1, -0.05) is 13.3 Å². The van der Waals surface area contributed by atoms with E-state index >= 15 is 0 Å². The highest BCUT2D eigenvalue weighted by Crippen LogP contribution is 2.14. The Kier molecular flexibility index (Phi) is 9.16. The number of hydrogen-bond donors (Lipinski definition) is 3. The van der Waals surface area contributed by atoms with Gasteiger partial charge in [0.25, 0.3) is 0 Å². The molecule has 0 bridgehead atoms. The fourth-order valence-electron chi connectivity index (χ4n) is 2.02. The molecule has 0 aliphatic heterocycles. The number of carbonyl (C=O) groups is 3. The molecule has 0 fully saturated rings. The molecule has 122 valence electrons. The maximum absolute atomic E-state index is 12.0. The molecule has 0 rings (SSSR count). The van der Waals surface area contributed by atoms with Gasteiger partial charge in [0.15, 0.2) is 0 Å². The number of rotatable bonds is 10. The van der Waals surface area contributed by atoms with Gasteiger partial charge in [-0.2, -0.15) is 0 Å². The number of hydrogen-bond acceptors (Lipinski definition) is 3. The monoisotopic (exact) mass is 301 g/mol. The summed E-state index contributed by atoms with van der Waals surface area (Å²) in [6.07, 6.45) is 2.35. The first-order valence-electron chi connectivity index (χ1n) is 7.32. The Bertz CT molecular complexity index is 358. The molecule has 0 heterocycles. The summed E-state index contributed by atoms with van der Waals surface area (Å²) >= 11 is 0. The maximum atomic E-state index is 12.0. The Morgan fingerprint density at radius 1 is 1.24 bits per heavy atom. The third-order valence-corrected chi connectivity index (χ3v) is 3.38. The molecule has 0 radical (unpaired) electrons. The van der Waals surface area contributed by atoms with Crippen LogP contribution >= 0.6 is 0 Å². The molecule has 0 saturated carbocycles. The normalized spacial score (nSPS) is 12.0. The SMILES string of the molecule is CCC(CCNC(=O)N(CC(N)=O)C(C)C)CCC(=O)O. The van der Waals surface area contributed by atoms with Gasteiger partial charge in [-0.15, -0.1) is 0 Å². The second-order valence-corrected chi connectivity index (χ2v) is 5.42. The molecular formula is C14H27N3O4. The molecule has 4 N–H and O–H groups in total. The molecule has 1 unspecified atom stereocenters. The molecule has 0 aromatic carbocycles. The van der Waals surface area contributed by atoms with Crippen molar-refractivity contribution in [3.63, 3.8) is 0 Å². The fourth-order valence-corrected chi connectivity index (χ4v) is 2.02. The van der Waals surface area contributed by atoms with Crippen molar-refractivity contribution in [3.8, 4) is 0 Å². The topological polar surface area (TPSA) is 113 Å². The van der Waals surface area contributed by atoms with E-state index in [1.807, 2.05) is 20.8 Å². The molecule has 0 spiro atoms. The van der Waals surface area contributed by atoms with Crippen molar-refractivity contribution >= 4 is 17.9 Å². The first-order valence-corrected chi connectivity index (χ1v) is 7.32. The van der Waals surface area contributed by atoms with E-state index in [1.54, 1.807) is 0 Å². The number of carbonyl (C=O) groups excluding carboxylic acids is 2. The van der Waals surface area contributed by atoms with Crippen molar-refractivity contribution in [2.45, 2.75) is 52.5 Å². The summed E-state index contributed by atoms with van der Waals surface area (Å²) in [4.78, 5) is 34.8. The van der Waals surface area contributed by atoms with Crippen LogP contribution in [0, 0.1) is 5.92 Å². The van der Waals surface area contributed by atoms with Crippen LogP contribution in [0.25, 0.3) is 0 Å². The quantitative estimate of drug-likeness (QED) is 0.562. The summed E-state index contributed by atoms with van der Waals surface area (Å²) in [6.45, 7) is 5.97. The number of primary amides is 1. The van der Waals surface area contributed by atoms with Crippen molar-refractivity contribution < 1.29 is 19.5 Å². The second-order valence-electron chi connectivity index (χ2n) is 5.42. The molecule has 7 heteroatoms. The predicted octanol–water partition coefficient (Wildman–Crippen LogP) is 1.17. The highest BCUT2D eigenvalue weighted by molar-refractivity contribution is 5.83. The van der Waals surface area contributed by atoms with E-state index in [0.717, 1.165) is 12.8 Å². The Morgan fingerprint density at radius 3 is 2.29 bits per heavy atom. The first kappa shape index (κ1) is 19.2. The van der Waals surface area contributed by atoms with Gasteiger partial charge >= 0.3 is 12.0 Å². The minimum absolute atomic E-state index is 0.111. The van der Waals surface area contributed by atoms with Gasteiger partial charge in [0, 0.05) is 19.0 Å². The minimum atomic E-state index is -0.801. The lowest BCUT2D eigenvalue weighted by molar-refractivity contribution is -0.137. The number of carboxylic acids is 1. The fraction of sp³-hybridized carbons (Fsp3) is 0.786. The highest BCUT2D eigenvalue weighted by Gasteiger charge is 2.18. The minimum Gasteiger partial charge on any atom is -0.481 e. The standard InChI is InChI=1S/C14H27N3O4/c1-4-11(5-6-13(19)20)7-8-16-14(21)17(10(2)3)9-12(15)18/h10-11H,4-9H2,1-3H3,(H2,15,18)(H,16,21)(H,19,20). The van der Waals surface area contributed by atoms with Crippen LogP contribution < -0.4 is 11.1 Å². The van der Waals surface area contributed by atoms with Gasteiger partial charge in [-0.05, 0) is 32.6 Å². The van der Waals surface area contributed by atoms with Crippen molar-refractivity contribution in [1.29, 1.82) is 0 Å². The zero-order valence-electron chi connectivity index (χ0n) is 13.1. The molecule has 3 amide bonds. The lowest BCUT2D eigenvalue weighted by Crippen LogP contribution is -2.48. The average molecular weight is 301 g/mol. The van der Waals surface area contributed by atoms with Gasteiger partial charge in [0.2, 0.25) is 5.91 Å². The summed E-state index contributed by atoms with van der Waals surface area (Å²) in [7, 11) is 0. The molecule has 0 aromatic rings. The lowest BCUT2D eigenvalue weighted by atomic mass is 9.97. The van der Waals surface area contributed by atoms with E-state index < -0.39 is 11.9 Å². The summed E-state index contributed by atoms with van der Waals surface area (Å²) < 4.78 is 0. The Morgan fingerprint density at radius 2 is 1.86 bits per heavy atom. The largest absolute Gasteiger partial charge is 0.481 e. The van der Waals surface area contributed by atoms with Gasteiger partial charge in [-0.3, -0.25) is 9.59 Å². The van der Waals surface area contributed by atoms with Crippen LogP contribution in [0.4, 0.5) is 4.79 Å². The van der Waals surface area contributed by atoms with Gasteiger partial charge in [-0.25, -0.2) is 4.79 Å². The molecule has 7 nitrogen and oxygen atoms in total. The van der Waals surface area contributed by atoms with E-state index in [2.05, 4.69) is 5.32 Å². The van der Waals surface area contributed by atoms with Crippen molar-refractivity contribution in [2.75, 3.05) is 13.1 Å². The molecule has 0 aliphatic rings. The number of urea groups is 1. The van der Waals surface area contributed by atoms with Gasteiger partial charge in [0.05, 0.1) is 0 Å². The number of carboxylic acid groups (broad SMARTS) is 1. The number of nitrogens with zero attached hydrogens (tertiary/aromatic N) is 1. The first-order chi connectivity index (χ1) is 9.77. The summed E-state index contributed by atoms with van der Waals surface area (Å²) in [5, 5.41) is 11.4. The predicted molar refractivity (Wildman–Crippen MR) is 79.7 cm³/mol. The molecule has 0 aliphatic carbocycles. The highest BCUT2D eigenvalue weighted by atomic mass is 16.4. The number of nitrogens with two attached hydrogens (primary N) is 1. The van der Waals surface area contributed by atoms with E-state index in [4.69, 9.17) is 10.8 Å². The second kappa shape index (κ2) is 10.0. The van der Waals surface area contributed by atoms with Crippen LogP contribution in [0.15, 0.2) is 0 Å². The smallest absolute Gasteiger partial charge is 0.318 e. The number of aliphatic carboxylic acids is 1. The van der Waals surface area contributed by atoms with Crippen LogP contribution in [0.5, 0.6) is 0 Å². The van der Waals surface area contributed by atoms with E-state index in [-0.39, 0.29) is 31.0 Å². The third-order valence-electron chi connectivity index (χ3n) is 3.38. The van der Waals surface area contributed by atoms with Gasteiger partial charge < -0.3 is 21.1 Å². The van der Waals surface area contributed by atoms with E-state index in [0.29, 0.717) is 13.0 Å². The van der Waals surface area contributed by atoms with Crippen LogP contribution in [-0.2, 0) is 9.59 Å². The van der Waals surface area contributed by atoms with Crippen molar-refractivity contribution in [2.24, 2.45) is 11.7 Å². The van der Waals surface area contributed by atoms with Crippen LogP contribution in [0.3, 0.4) is 0 Å². The van der Waals surface area contributed by atoms with Crippen molar-refractivity contribution in [3.05, 3.63) is 0 Å². The molecule has 0 saturated heterocycles. The zero-order chi connectivity index (χ0) is 16.4. The Labute approximate surface area is 125 Å². The van der Waals surface area contributed by atoms with Crippen LogP contribution in [0.2, 0.25) is 0 Å². The molecule has 21 heavy (non-hydrogen) atoms. The Hall–Kier alpha value is -1.79.